The molecular weight excluding hydrogens is 434 g/mol. The summed E-state index contributed by atoms with van der Waals surface area (Å²) >= 11 is 3.37. The summed E-state index contributed by atoms with van der Waals surface area (Å²) in [6, 6.07) is 5.79. The molecule has 0 saturated carbocycles. The fraction of sp³-hybridized carbons (Fsp3) is 0.350. The van der Waals surface area contributed by atoms with E-state index in [4.69, 9.17) is 0 Å². The van der Waals surface area contributed by atoms with E-state index < -0.39 is 0 Å². The molecule has 0 unspecified atom stereocenters. The van der Waals surface area contributed by atoms with Crippen LogP contribution in [0.5, 0.6) is 0 Å². The van der Waals surface area contributed by atoms with Crippen LogP contribution in [-0.2, 0) is 0 Å². The van der Waals surface area contributed by atoms with Crippen LogP contribution in [0.25, 0.3) is 5.82 Å². The summed E-state index contributed by atoms with van der Waals surface area (Å²) in [5, 5.41) is 4.53. The van der Waals surface area contributed by atoms with Crippen molar-refractivity contribution in [2.75, 3.05) is 31.1 Å². The van der Waals surface area contributed by atoms with Crippen LogP contribution in [0.4, 0.5) is 5.82 Å². The molecule has 4 heterocycles. The molecule has 1 saturated heterocycles. The van der Waals surface area contributed by atoms with E-state index in [1.165, 1.54) is 0 Å². The van der Waals surface area contributed by atoms with E-state index in [0.29, 0.717) is 37.6 Å². The summed E-state index contributed by atoms with van der Waals surface area (Å²) in [6.07, 6.45) is 3.28. The number of hydrogen-bond acceptors (Lipinski definition) is 6. The predicted molar refractivity (Wildman–Crippen MR) is 113 cm³/mol. The number of aromatic nitrogens is 5. The molecule has 3 aromatic rings. The van der Waals surface area contributed by atoms with Crippen molar-refractivity contribution in [3.8, 4) is 5.82 Å². The Morgan fingerprint density at radius 3 is 2.34 bits per heavy atom. The number of aryl methyl sites for hydroxylation is 3. The van der Waals surface area contributed by atoms with Gasteiger partial charge >= 0.3 is 0 Å². The Kier molecular flexibility index (Phi) is 5.31. The molecule has 8 nitrogen and oxygen atoms in total. The van der Waals surface area contributed by atoms with Crippen LogP contribution in [-0.4, -0.2) is 61.7 Å². The minimum absolute atomic E-state index is 0.000600. The first-order valence-corrected chi connectivity index (χ1v) is 10.2. The van der Waals surface area contributed by atoms with E-state index >= 15 is 0 Å². The highest BCUT2D eigenvalue weighted by Crippen LogP contribution is 2.20. The average molecular weight is 456 g/mol. The monoisotopic (exact) mass is 455 g/mol. The van der Waals surface area contributed by atoms with Crippen LogP contribution < -0.4 is 4.90 Å². The highest BCUT2D eigenvalue weighted by Gasteiger charge is 2.24. The maximum Gasteiger partial charge on any atom is 0.255 e. The molecule has 1 amide bonds. The lowest BCUT2D eigenvalue weighted by Gasteiger charge is -2.35. The summed E-state index contributed by atoms with van der Waals surface area (Å²) in [4.78, 5) is 30.0. The second kappa shape index (κ2) is 7.90. The van der Waals surface area contributed by atoms with Gasteiger partial charge in [0.2, 0.25) is 0 Å². The quantitative estimate of drug-likeness (QED) is 0.603. The topological polar surface area (TPSA) is 80.0 Å². The number of pyridine rings is 1. The Balaban J connectivity index is 1.50. The molecule has 0 atom stereocenters. The molecule has 29 heavy (non-hydrogen) atoms. The molecule has 150 valence electrons. The van der Waals surface area contributed by atoms with Gasteiger partial charge in [-0.3, -0.25) is 9.78 Å². The first-order valence-electron chi connectivity index (χ1n) is 9.45. The second-order valence-electron chi connectivity index (χ2n) is 7.14. The normalized spacial score (nSPS) is 14.3. The summed E-state index contributed by atoms with van der Waals surface area (Å²) in [5.74, 6) is 2.32. The molecule has 3 aromatic heterocycles. The van der Waals surface area contributed by atoms with Gasteiger partial charge in [0.1, 0.15) is 11.6 Å². The summed E-state index contributed by atoms with van der Waals surface area (Å²) in [6.45, 7) is 8.54. The van der Waals surface area contributed by atoms with Gasteiger partial charge in [0.15, 0.2) is 5.82 Å². The van der Waals surface area contributed by atoms with E-state index in [-0.39, 0.29) is 5.91 Å². The van der Waals surface area contributed by atoms with Gasteiger partial charge in [-0.25, -0.2) is 14.6 Å². The zero-order valence-corrected chi connectivity index (χ0v) is 18.2. The highest BCUT2D eigenvalue weighted by atomic mass is 79.9. The van der Waals surface area contributed by atoms with Crippen LogP contribution in [0, 0.1) is 20.8 Å². The van der Waals surface area contributed by atoms with E-state index in [1.54, 1.807) is 18.5 Å². The summed E-state index contributed by atoms with van der Waals surface area (Å²) < 4.78 is 2.64. The van der Waals surface area contributed by atoms with E-state index in [0.717, 1.165) is 27.5 Å². The van der Waals surface area contributed by atoms with Crippen molar-refractivity contribution >= 4 is 27.7 Å². The van der Waals surface area contributed by atoms with Crippen molar-refractivity contribution in [1.82, 2.24) is 29.6 Å². The van der Waals surface area contributed by atoms with Crippen molar-refractivity contribution in [2.45, 2.75) is 20.8 Å². The molecule has 0 bridgehead atoms. The number of anilines is 1. The van der Waals surface area contributed by atoms with Crippen molar-refractivity contribution in [1.29, 1.82) is 0 Å². The number of hydrogen-bond donors (Lipinski definition) is 0. The second-order valence-corrected chi connectivity index (χ2v) is 8.06. The van der Waals surface area contributed by atoms with Crippen molar-refractivity contribution < 1.29 is 4.79 Å². The average Bonchev–Trinajstić information content (AvgIpc) is 3.05. The van der Waals surface area contributed by atoms with Gasteiger partial charge in [-0.2, -0.15) is 5.10 Å². The number of carbonyl (C=O) groups is 1. The Morgan fingerprint density at radius 2 is 1.69 bits per heavy atom. The molecule has 9 heteroatoms. The number of halogens is 1. The molecule has 4 rings (SSSR count). The van der Waals surface area contributed by atoms with Gasteiger partial charge in [-0.05, 0) is 48.8 Å². The molecule has 1 aliphatic heterocycles. The van der Waals surface area contributed by atoms with Crippen LogP contribution in [0.15, 0.2) is 35.1 Å². The molecular formula is C20H22BrN7O. The lowest BCUT2D eigenvalue weighted by molar-refractivity contribution is 0.0746. The SMILES string of the molecule is Cc1cc(C)n(-c2cc(N3CCN(C(=O)c4cncc(Br)c4)CC3)nc(C)n2)n1. The van der Waals surface area contributed by atoms with Crippen LogP contribution in [0.3, 0.4) is 0 Å². The maximum absolute atomic E-state index is 12.7. The lowest BCUT2D eigenvalue weighted by atomic mass is 10.2. The summed E-state index contributed by atoms with van der Waals surface area (Å²) in [5.41, 5.74) is 2.58. The maximum atomic E-state index is 12.7. The van der Waals surface area contributed by atoms with Gasteiger partial charge in [0, 0.05) is 54.8 Å². The van der Waals surface area contributed by atoms with Gasteiger partial charge in [-0.15, -0.1) is 0 Å². The number of piperazine rings is 1. The molecule has 1 fully saturated rings. The molecule has 0 aliphatic carbocycles. The van der Waals surface area contributed by atoms with Gasteiger partial charge < -0.3 is 9.80 Å². The van der Waals surface area contributed by atoms with Gasteiger partial charge in [-0.1, -0.05) is 0 Å². The van der Waals surface area contributed by atoms with Gasteiger partial charge in [0.25, 0.3) is 5.91 Å². The van der Waals surface area contributed by atoms with Crippen LogP contribution in [0.2, 0.25) is 0 Å². The van der Waals surface area contributed by atoms with Crippen LogP contribution in [0.1, 0.15) is 27.6 Å². The van der Waals surface area contributed by atoms with Crippen molar-refractivity contribution in [2.24, 2.45) is 0 Å². The molecule has 0 aromatic carbocycles. The Labute approximate surface area is 177 Å². The smallest absolute Gasteiger partial charge is 0.255 e. The fourth-order valence-corrected chi connectivity index (χ4v) is 3.88. The first kappa shape index (κ1) is 19.5. The molecule has 0 N–H and O–H groups in total. The fourth-order valence-electron chi connectivity index (χ4n) is 3.52. The van der Waals surface area contributed by atoms with E-state index in [1.807, 2.05) is 42.5 Å². The number of carbonyl (C=O) groups excluding carboxylic acids is 1. The largest absolute Gasteiger partial charge is 0.353 e. The third kappa shape index (κ3) is 4.14. The van der Waals surface area contributed by atoms with Crippen molar-refractivity contribution in [3.63, 3.8) is 0 Å². The Hall–Kier alpha value is -2.81. The minimum Gasteiger partial charge on any atom is -0.353 e. The molecule has 0 spiro atoms. The summed E-state index contributed by atoms with van der Waals surface area (Å²) in [7, 11) is 0. The number of nitrogens with zero attached hydrogens (tertiary/aromatic N) is 7. The van der Waals surface area contributed by atoms with Crippen LogP contribution >= 0.6 is 15.9 Å². The third-order valence-corrected chi connectivity index (χ3v) is 5.31. The first-order chi connectivity index (χ1) is 13.9. The molecule has 0 radical (unpaired) electrons. The Bertz CT molecular complexity index is 1060. The predicted octanol–water partition coefficient (Wildman–Crippen LogP) is 2.71. The van der Waals surface area contributed by atoms with E-state index in [9.17, 15) is 4.79 Å². The zero-order chi connectivity index (χ0) is 20.5. The number of rotatable bonds is 3. The van der Waals surface area contributed by atoms with E-state index in [2.05, 4.69) is 40.9 Å². The minimum atomic E-state index is 0.000600. The highest BCUT2D eigenvalue weighted by molar-refractivity contribution is 9.10. The van der Waals surface area contributed by atoms with Crippen molar-refractivity contribution in [3.05, 3.63) is 57.8 Å². The Morgan fingerprint density at radius 1 is 0.966 bits per heavy atom. The zero-order valence-electron chi connectivity index (χ0n) is 16.6. The van der Waals surface area contributed by atoms with Gasteiger partial charge in [0.05, 0.1) is 11.3 Å². The lowest BCUT2D eigenvalue weighted by Crippen LogP contribution is -2.49. The number of amides is 1. The third-order valence-electron chi connectivity index (χ3n) is 4.88. The molecule has 1 aliphatic rings. The standard InChI is InChI=1S/C20H22BrN7O/c1-13-8-14(2)28(25-13)19-10-18(23-15(3)24-19)26-4-6-27(7-5-26)20(29)16-9-17(21)12-22-11-16/h8-12H,4-7H2,1-3H3.